The summed E-state index contributed by atoms with van der Waals surface area (Å²) in [6.07, 6.45) is 0.690. The third kappa shape index (κ3) is 2.52. The normalized spacial score (nSPS) is 12.3. The molecule has 0 saturated heterocycles. The summed E-state index contributed by atoms with van der Waals surface area (Å²) in [5.74, 6) is 1.09. The first-order valence-corrected chi connectivity index (χ1v) is 6.03. The molecule has 1 atom stereocenters. The molecule has 0 spiro atoms. The van der Waals surface area contributed by atoms with Gasteiger partial charge in [0.05, 0.1) is 25.4 Å². The lowest BCUT2D eigenvalue weighted by Gasteiger charge is -2.14. The number of methoxy groups -OCH3 is 2. The van der Waals surface area contributed by atoms with Crippen molar-refractivity contribution in [2.24, 2.45) is 7.05 Å². The minimum atomic E-state index is -0.870. The smallest absolute Gasteiger partial charge is 0.162 e. The van der Waals surface area contributed by atoms with Gasteiger partial charge in [-0.25, -0.2) is 0 Å². The molecule has 1 heterocycles. The maximum Gasteiger partial charge on any atom is 0.162 e. The molecular formula is C13H15ClN2O3. The van der Waals surface area contributed by atoms with Crippen LogP contribution in [0.25, 0.3) is 0 Å². The van der Waals surface area contributed by atoms with Crippen molar-refractivity contribution in [3.05, 3.63) is 40.7 Å². The van der Waals surface area contributed by atoms with Gasteiger partial charge in [0.1, 0.15) is 17.5 Å². The lowest BCUT2D eigenvalue weighted by atomic mass is 10.1. The second-order valence-electron chi connectivity index (χ2n) is 4.02. The van der Waals surface area contributed by atoms with Crippen LogP contribution in [0.15, 0.2) is 24.4 Å². The maximum atomic E-state index is 10.4. The Hall–Kier alpha value is -1.72. The van der Waals surface area contributed by atoms with Gasteiger partial charge in [-0.2, -0.15) is 5.10 Å². The number of ether oxygens (including phenoxy) is 2. The van der Waals surface area contributed by atoms with Gasteiger partial charge in [0, 0.05) is 7.05 Å². The summed E-state index contributed by atoms with van der Waals surface area (Å²) in [7, 11) is 4.82. The molecule has 0 aliphatic carbocycles. The molecule has 2 aromatic rings. The second kappa shape index (κ2) is 5.50. The minimum absolute atomic E-state index is 0.445. The summed E-state index contributed by atoms with van der Waals surface area (Å²) < 4.78 is 11.8. The molecule has 1 aromatic heterocycles. The van der Waals surface area contributed by atoms with Crippen molar-refractivity contribution in [2.75, 3.05) is 14.2 Å². The molecule has 1 unspecified atom stereocenters. The van der Waals surface area contributed by atoms with E-state index in [4.69, 9.17) is 21.1 Å². The number of aromatic nitrogens is 2. The molecule has 0 fully saturated rings. The Morgan fingerprint density at radius 1 is 1.26 bits per heavy atom. The molecule has 0 radical (unpaired) electrons. The van der Waals surface area contributed by atoms with Crippen molar-refractivity contribution < 1.29 is 14.6 Å². The van der Waals surface area contributed by atoms with Crippen LogP contribution in [0.1, 0.15) is 17.4 Å². The highest BCUT2D eigenvalue weighted by molar-refractivity contribution is 6.32. The maximum absolute atomic E-state index is 10.4. The standard InChI is InChI=1S/C13H15ClN2O3/c1-16-12(11(19-3)7-15-16)13(17)8-4-5-10(18-2)9(14)6-8/h4-7,13,17H,1-3H3. The van der Waals surface area contributed by atoms with Gasteiger partial charge in [-0.3, -0.25) is 4.68 Å². The molecule has 0 amide bonds. The van der Waals surface area contributed by atoms with Crippen molar-refractivity contribution in [3.63, 3.8) is 0 Å². The lowest BCUT2D eigenvalue weighted by Crippen LogP contribution is -2.08. The third-order valence-electron chi connectivity index (χ3n) is 2.92. The zero-order chi connectivity index (χ0) is 14.0. The Bertz CT molecular complexity index is 583. The van der Waals surface area contributed by atoms with Crippen LogP contribution in [-0.4, -0.2) is 29.1 Å². The highest BCUT2D eigenvalue weighted by Gasteiger charge is 2.20. The minimum Gasteiger partial charge on any atom is -0.495 e. The summed E-state index contributed by atoms with van der Waals surface area (Å²) in [6, 6.07) is 5.13. The van der Waals surface area contributed by atoms with Gasteiger partial charge < -0.3 is 14.6 Å². The Labute approximate surface area is 116 Å². The van der Waals surface area contributed by atoms with Gasteiger partial charge in [0.2, 0.25) is 0 Å². The molecule has 102 valence electrons. The number of hydrogen-bond donors (Lipinski definition) is 1. The molecule has 1 N–H and O–H groups in total. The third-order valence-corrected chi connectivity index (χ3v) is 3.22. The first-order chi connectivity index (χ1) is 9.08. The van der Waals surface area contributed by atoms with Crippen LogP contribution in [0.2, 0.25) is 5.02 Å². The monoisotopic (exact) mass is 282 g/mol. The molecule has 5 nitrogen and oxygen atoms in total. The SMILES string of the molecule is COc1ccc(C(O)c2c(OC)cnn2C)cc1Cl. The zero-order valence-corrected chi connectivity index (χ0v) is 11.7. The van der Waals surface area contributed by atoms with Crippen LogP contribution in [-0.2, 0) is 7.05 Å². The van der Waals surface area contributed by atoms with Crippen LogP contribution in [0.4, 0.5) is 0 Å². The summed E-state index contributed by atoms with van der Waals surface area (Å²) in [4.78, 5) is 0. The first kappa shape index (κ1) is 13.7. The van der Waals surface area contributed by atoms with Gasteiger partial charge in [-0.05, 0) is 17.7 Å². The van der Waals surface area contributed by atoms with Gasteiger partial charge in [-0.15, -0.1) is 0 Å². The van der Waals surface area contributed by atoms with Crippen molar-refractivity contribution in [3.8, 4) is 11.5 Å². The highest BCUT2D eigenvalue weighted by Crippen LogP contribution is 2.33. The van der Waals surface area contributed by atoms with Crippen molar-refractivity contribution in [2.45, 2.75) is 6.10 Å². The molecule has 19 heavy (non-hydrogen) atoms. The molecule has 2 rings (SSSR count). The predicted molar refractivity (Wildman–Crippen MR) is 71.8 cm³/mol. The quantitative estimate of drug-likeness (QED) is 0.934. The lowest BCUT2D eigenvalue weighted by molar-refractivity contribution is 0.204. The average Bonchev–Trinajstić information content (AvgIpc) is 2.78. The molecular weight excluding hydrogens is 268 g/mol. The van der Waals surface area contributed by atoms with Crippen molar-refractivity contribution in [1.29, 1.82) is 0 Å². The Morgan fingerprint density at radius 2 is 1.95 bits per heavy atom. The Morgan fingerprint density at radius 3 is 2.53 bits per heavy atom. The van der Waals surface area contributed by atoms with E-state index in [0.717, 1.165) is 0 Å². The van der Waals surface area contributed by atoms with Gasteiger partial charge >= 0.3 is 0 Å². The van der Waals surface area contributed by atoms with E-state index in [1.807, 2.05) is 0 Å². The number of benzene rings is 1. The van der Waals surface area contributed by atoms with E-state index >= 15 is 0 Å². The number of aliphatic hydroxyl groups excluding tert-OH is 1. The first-order valence-electron chi connectivity index (χ1n) is 5.66. The van der Waals surface area contributed by atoms with Gasteiger partial charge in [-0.1, -0.05) is 17.7 Å². The average molecular weight is 283 g/mol. The van der Waals surface area contributed by atoms with Crippen molar-refractivity contribution in [1.82, 2.24) is 9.78 Å². The van der Waals surface area contributed by atoms with E-state index in [0.29, 0.717) is 27.8 Å². The number of rotatable bonds is 4. The Kier molecular flexibility index (Phi) is 3.97. The number of aryl methyl sites for hydroxylation is 1. The van der Waals surface area contributed by atoms with E-state index < -0.39 is 6.10 Å². The van der Waals surface area contributed by atoms with E-state index in [1.54, 1.807) is 43.2 Å². The van der Waals surface area contributed by atoms with E-state index in [9.17, 15) is 5.11 Å². The fourth-order valence-electron chi connectivity index (χ4n) is 1.91. The number of aliphatic hydroxyl groups is 1. The van der Waals surface area contributed by atoms with E-state index in [-0.39, 0.29) is 0 Å². The van der Waals surface area contributed by atoms with E-state index in [2.05, 4.69) is 5.10 Å². The predicted octanol–water partition coefficient (Wildman–Crippen LogP) is 2.17. The molecule has 0 saturated carbocycles. The van der Waals surface area contributed by atoms with Crippen LogP contribution < -0.4 is 9.47 Å². The summed E-state index contributed by atoms with van der Waals surface area (Å²) in [5.41, 5.74) is 1.22. The highest BCUT2D eigenvalue weighted by atomic mass is 35.5. The van der Waals surface area contributed by atoms with Gasteiger partial charge in [0.25, 0.3) is 0 Å². The van der Waals surface area contributed by atoms with Crippen LogP contribution in [0.5, 0.6) is 11.5 Å². The summed E-state index contributed by atoms with van der Waals surface area (Å²) >= 11 is 6.06. The van der Waals surface area contributed by atoms with Crippen LogP contribution >= 0.6 is 11.6 Å². The second-order valence-corrected chi connectivity index (χ2v) is 4.43. The largest absolute Gasteiger partial charge is 0.495 e. The molecule has 1 aromatic carbocycles. The molecule has 0 aliphatic heterocycles. The summed E-state index contributed by atoms with van der Waals surface area (Å²) in [6.45, 7) is 0. The fraction of sp³-hybridized carbons (Fsp3) is 0.308. The topological polar surface area (TPSA) is 56.5 Å². The molecule has 6 heteroatoms. The number of halogens is 1. The van der Waals surface area contributed by atoms with Crippen LogP contribution in [0.3, 0.4) is 0 Å². The van der Waals surface area contributed by atoms with Gasteiger partial charge in [0.15, 0.2) is 5.75 Å². The van der Waals surface area contributed by atoms with E-state index in [1.165, 1.54) is 7.11 Å². The Balaban J connectivity index is 2.41. The number of nitrogens with zero attached hydrogens (tertiary/aromatic N) is 2. The fourth-order valence-corrected chi connectivity index (χ4v) is 2.17. The summed E-state index contributed by atoms with van der Waals surface area (Å²) in [5, 5.41) is 14.9. The van der Waals surface area contributed by atoms with Crippen LogP contribution in [0, 0.1) is 0 Å². The number of hydrogen-bond acceptors (Lipinski definition) is 4. The molecule has 0 bridgehead atoms. The zero-order valence-electron chi connectivity index (χ0n) is 10.9. The molecule has 0 aliphatic rings. The van der Waals surface area contributed by atoms with Crippen molar-refractivity contribution >= 4 is 11.6 Å².